The van der Waals surface area contributed by atoms with Gasteiger partial charge in [0.15, 0.2) is 0 Å². The van der Waals surface area contributed by atoms with Gasteiger partial charge in [-0.3, -0.25) is 0 Å². The maximum Gasteiger partial charge on any atom is 0.0638 e. The number of rotatable bonds is 7. The Hall–Kier alpha value is -0.0800. The van der Waals surface area contributed by atoms with E-state index in [2.05, 4.69) is 34.6 Å². The highest BCUT2D eigenvalue weighted by Crippen LogP contribution is 2.25. The van der Waals surface area contributed by atoms with Crippen molar-refractivity contribution >= 4 is 0 Å². The summed E-state index contributed by atoms with van der Waals surface area (Å²) < 4.78 is 5.83. The van der Waals surface area contributed by atoms with Gasteiger partial charge in [-0.15, -0.1) is 0 Å². The molecule has 2 heteroatoms. The standard InChI is InChI=1S/C12H27NO/c1-6-11(2,3)8-10-14-12(4,5)7-9-13/h6-10,13H2,1-5H3. The van der Waals surface area contributed by atoms with Crippen LogP contribution in [0.3, 0.4) is 0 Å². The predicted molar refractivity (Wildman–Crippen MR) is 62.4 cm³/mol. The average molecular weight is 201 g/mol. The van der Waals surface area contributed by atoms with E-state index in [1.54, 1.807) is 0 Å². The van der Waals surface area contributed by atoms with Crippen molar-refractivity contribution in [2.45, 2.75) is 59.5 Å². The molecule has 0 bridgehead atoms. The number of ether oxygens (including phenoxy) is 1. The van der Waals surface area contributed by atoms with Crippen molar-refractivity contribution in [1.82, 2.24) is 0 Å². The van der Waals surface area contributed by atoms with Crippen LogP contribution in [0.1, 0.15) is 53.9 Å². The van der Waals surface area contributed by atoms with Gasteiger partial charge in [0, 0.05) is 6.61 Å². The minimum Gasteiger partial charge on any atom is -0.376 e. The van der Waals surface area contributed by atoms with E-state index in [4.69, 9.17) is 10.5 Å². The summed E-state index contributed by atoms with van der Waals surface area (Å²) in [5.74, 6) is 0. The summed E-state index contributed by atoms with van der Waals surface area (Å²) in [4.78, 5) is 0. The van der Waals surface area contributed by atoms with E-state index in [-0.39, 0.29) is 5.60 Å². The summed E-state index contributed by atoms with van der Waals surface area (Å²) in [7, 11) is 0. The van der Waals surface area contributed by atoms with E-state index in [1.807, 2.05) is 0 Å². The summed E-state index contributed by atoms with van der Waals surface area (Å²) in [5, 5.41) is 0. The minimum absolute atomic E-state index is 0.0570. The lowest BCUT2D eigenvalue weighted by Gasteiger charge is -2.28. The molecular formula is C12H27NO. The molecule has 0 atom stereocenters. The van der Waals surface area contributed by atoms with Gasteiger partial charge in [-0.1, -0.05) is 27.2 Å². The molecule has 0 fully saturated rings. The van der Waals surface area contributed by atoms with E-state index in [1.165, 1.54) is 6.42 Å². The second kappa shape index (κ2) is 5.72. The van der Waals surface area contributed by atoms with Gasteiger partial charge < -0.3 is 10.5 Å². The Morgan fingerprint density at radius 2 is 1.64 bits per heavy atom. The van der Waals surface area contributed by atoms with Gasteiger partial charge in [0.25, 0.3) is 0 Å². The fraction of sp³-hybridized carbons (Fsp3) is 1.00. The lowest BCUT2D eigenvalue weighted by molar-refractivity contribution is -0.0328. The molecular weight excluding hydrogens is 174 g/mol. The van der Waals surface area contributed by atoms with Crippen molar-refractivity contribution < 1.29 is 4.74 Å². The van der Waals surface area contributed by atoms with Gasteiger partial charge in [-0.25, -0.2) is 0 Å². The first-order valence-corrected chi connectivity index (χ1v) is 5.67. The molecule has 2 nitrogen and oxygen atoms in total. The van der Waals surface area contributed by atoms with Gasteiger partial charge in [0.1, 0.15) is 0 Å². The van der Waals surface area contributed by atoms with Gasteiger partial charge in [-0.2, -0.15) is 0 Å². The van der Waals surface area contributed by atoms with Crippen LogP contribution in [-0.2, 0) is 4.74 Å². The second-order valence-electron chi connectivity index (χ2n) is 5.41. The molecule has 0 spiro atoms. The normalized spacial score (nSPS) is 13.3. The van der Waals surface area contributed by atoms with Gasteiger partial charge in [0.05, 0.1) is 5.60 Å². The topological polar surface area (TPSA) is 35.2 Å². The fourth-order valence-electron chi connectivity index (χ4n) is 1.20. The first kappa shape index (κ1) is 13.9. The van der Waals surface area contributed by atoms with Crippen LogP contribution in [0.15, 0.2) is 0 Å². The molecule has 0 aliphatic rings. The lowest BCUT2D eigenvalue weighted by atomic mass is 9.87. The molecule has 0 amide bonds. The molecule has 0 rings (SSSR count). The molecule has 0 aliphatic carbocycles. The minimum atomic E-state index is -0.0570. The quantitative estimate of drug-likeness (QED) is 0.687. The van der Waals surface area contributed by atoms with E-state index in [0.29, 0.717) is 12.0 Å². The van der Waals surface area contributed by atoms with Crippen LogP contribution in [-0.4, -0.2) is 18.8 Å². The van der Waals surface area contributed by atoms with Crippen LogP contribution in [0.5, 0.6) is 0 Å². The van der Waals surface area contributed by atoms with Crippen LogP contribution in [0.4, 0.5) is 0 Å². The number of nitrogens with two attached hydrogens (primary N) is 1. The summed E-state index contributed by atoms with van der Waals surface area (Å²) in [5.41, 5.74) is 5.86. The Kier molecular flexibility index (Phi) is 5.68. The molecule has 0 heterocycles. The Labute approximate surface area is 89.2 Å². The lowest BCUT2D eigenvalue weighted by Crippen LogP contribution is -2.29. The molecule has 2 N–H and O–H groups in total. The SMILES string of the molecule is CCC(C)(C)CCOC(C)(C)CCN. The zero-order chi connectivity index (χ0) is 11.2. The molecule has 0 radical (unpaired) electrons. The van der Waals surface area contributed by atoms with Crippen molar-refractivity contribution in [2.75, 3.05) is 13.2 Å². The highest BCUT2D eigenvalue weighted by atomic mass is 16.5. The van der Waals surface area contributed by atoms with Gasteiger partial charge in [0.2, 0.25) is 0 Å². The summed E-state index contributed by atoms with van der Waals surface area (Å²) >= 11 is 0. The monoisotopic (exact) mass is 201 g/mol. The average Bonchev–Trinajstić information content (AvgIpc) is 2.03. The molecule has 0 saturated carbocycles. The summed E-state index contributed by atoms with van der Waals surface area (Å²) in [6.45, 7) is 12.6. The summed E-state index contributed by atoms with van der Waals surface area (Å²) in [6.07, 6.45) is 3.25. The van der Waals surface area contributed by atoms with E-state index in [9.17, 15) is 0 Å². The van der Waals surface area contributed by atoms with Gasteiger partial charge in [-0.05, 0) is 38.6 Å². The molecule has 0 saturated heterocycles. The molecule has 86 valence electrons. The first-order valence-electron chi connectivity index (χ1n) is 5.67. The van der Waals surface area contributed by atoms with Crippen molar-refractivity contribution in [1.29, 1.82) is 0 Å². The molecule has 0 unspecified atom stereocenters. The highest BCUT2D eigenvalue weighted by molar-refractivity contribution is 4.71. The third kappa shape index (κ3) is 6.39. The maximum atomic E-state index is 5.83. The van der Waals surface area contributed by atoms with Crippen LogP contribution in [0, 0.1) is 5.41 Å². The molecule has 14 heavy (non-hydrogen) atoms. The fourth-order valence-corrected chi connectivity index (χ4v) is 1.20. The number of hydrogen-bond acceptors (Lipinski definition) is 2. The molecule has 0 aromatic rings. The largest absolute Gasteiger partial charge is 0.376 e. The van der Waals surface area contributed by atoms with Crippen LogP contribution < -0.4 is 5.73 Å². The maximum absolute atomic E-state index is 5.83. The Morgan fingerprint density at radius 3 is 2.07 bits per heavy atom. The highest BCUT2D eigenvalue weighted by Gasteiger charge is 2.20. The van der Waals surface area contributed by atoms with E-state index >= 15 is 0 Å². The second-order valence-corrected chi connectivity index (χ2v) is 5.41. The van der Waals surface area contributed by atoms with Gasteiger partial charge >= 0.3 is 0 Å². The Morgan fingerprint density at radius 1 is 1.07 bits per heavy atom. The smallest absolute Gasteiger partial charge is 0.0638 e. The molecule has 0 aromatic carbocycles. The van der Waals surface area contributed by atoms with Crippen LogP contribution >= 0.6 is 0 Å². The number of hydrogen-bond donors (Lipinski definition) is 1. The van der Waals surface area contributed by atoms with Crippen molar-refractivity contribution in [2.24, 2.45) is 11.1 Å². The first-order chi connectivity index (χ1) is 6.33. The third-order valence-corrected chi connectivity index (χ3v) is 2.98. The summed E-state index contributed by atoms with van der Waals surface area (Å²) in [6, 6.07) is 0. The van der Waals surface area contributed by atoms with Crippen molar-refractivity contribution in [3.8, 4) is 0 Å². The third-order valence-electron chi connectivity index (χ3n) is 2.98. The molecule has 0 aromatic heterocycles. The van der Waals surface area contributed by atoms with Crippen molar-refractivity contribution in [3.05, 3.63) is 0 Å². The van der Waals surface area contributed by atoms with E-state index < -0.39 is 0 Å². The Balaban J connectivity index is 3.73. The Bertz CT molecular complexity index is 152. The zero-order valence-electron chi connectivity index (χ0n) is 10.5. The van der Waals surface area contributed by atoms with Crippen LogP contribution in [0.25, 0.3) is 0 Å². The van der Waals surface area contributed by atoms with E-state index in [0.717, 1.165) is 19.4 Å². The molecule has 0 aliphatic heterocycles. The van der Waals surface area contributed by atoms with Crippen LogP contribution in [0.2, 0.25) is 0 Å². The zero-order valence-corrected chi connectivity index (χ0v) is 10.5. The predicted octanol–water partition coefficient (Wildman–Crippen LogP) is 2.96. The van der Waals surface area contributed by atoms with Crippen molar-refractivity contribution in [3.63, 3.8) is 0 Å².